The third kappa shape index (κ3) is 1.40. The number of allylic oxidation sites excluding steroid dienone is 1. The van der Waals surface area contributed by atoms with Gasteiger partial charge in [-0.1, -0.05) is 24.1 Å². The van der Waals surface area contributed by atoms with E-state index in [1.165, 1.54) is 12.0 Å². The SMILES string of the molecule is O=CC1(C/C=C/Cl)CCC1. The van der Waals surface area contributed by atoms with E-state index in [1.54, 1.807) is 0 Å². The number of halogens is 1. The Balaban J connectivity index is 2.40. The lowest BCUT2D eigenvalue weighted by atomic mass is 9.68. The fraction of sp³-hybridized carbons (Fsp3) is 0.625. The van der Waals surface area contributed by atoms with Gasteiger partial charge < -0.3 is 4.79 Å². The number of carbonyl (C=O) groups excluding carboxylic acids is 1. The molecule has 1 nitrogen and oxygen atoms in total. The lowest BCUT2D eigenvalue weighted by Crippen LogP contribution is -2.30. The van der Waals surface area contributed by atoms with Crippen LogP contribution in [0.25, 0.3) is 0 Å². The average molecular weight is 159 g/mol. The number of aldehydes is 1. The fourth-order valence-electron chi connectivity index (χ4n) is 1.28. The van der Waals surface area contributed by atoms with Crippen LogP contribution in [0.15, 0.2) is 11.6 Å². The van der Waals surface area contributed by atoms with Crippen LogP contribution in [-0.4, -0.2) is 6.29 Å². The van der Waals surface area contributed by atoms with Crippen LogP contribution in [-0.2, 0) is 4.79 Å². The highest BCUT2D eigenvalue weighted by atomic mass is 35.5. The Morgan fingerprint density at radius 1 is 1.50 bits per heavy atom. The van der Waals surface area contributed by atoms with Gasteiger partial charge in [-0.05, 0) is 19.3 Å². The van der Waals surface area contributed by atoms with Crippen molar-refractivity contribution in [2.75, 3.05) is 0 Å². The van der Waals surface area contributed by atoms with E-state index in [1.807, 2.05) is 6.08 Å². The number of carbonyl (C=O) groups is 1. The summed E-state index contributed by atoms with van der Waals surface area (Å²) in [6, 6.07) is 0. The van der Waals surface area contributed by atoms with E-state index in [-0.39, 0.29) is 5.41 Å². The summed E-state index contributed by atoms with van der Waals surface area (Å²) in [6.45, 7) is 0. The molecular weight excluding hydrogens is 148 g/mol. The minimum absolute atomic E-state index is 0.0363. The second-order valence-electron chi connectivity index (χ2n) is 2.90. The zero-order chi connectivity index (χ0) is 7.45. The summed E-state index contributed by atoms with van der Waals surface area (Å²) in [7, 11) is 0. The fourth-order valence-corrected chi connectivity index (χ4v) is 1.37. The van der Waals surface area contributed by atoms with Gasteiger partial charge in [0.2, 0.25) is 0 Å². The minimum atomic E-state index is -0.0363. The first-order chi connectivity index (χ1) is 4.83. The summed E-state index contributed by atoms with van der Waals surface area (Å²) >= 11 is 5.35. The van der Waals surface area contributed by atoms with Crippen LogP contribution in [0.3, 0.4) is 0 Å². The van der Waals surface area contributed by atoms with E-state index in [0.29, 0.717) is 0 Å². The maximum absolute atomic E-state index is 10.5. The molecule has 0 heterocycles. The highest BCUT2D eigenvalue weighted by Crippen LogP contribution is 2.42. The molecule has 0 atom stereocenters. The van der Waals surface area contributed by atoms with Crippen molar-refractivity contribution >= 4 is 17.9 Å². The molecule has 0 N–H and O–H groups in total. The lowest BCUT2D eigenvalue weighted by molar-refractivity contribution is -0.120. The third-order valence-electron chi connectivity index (χ3n) is 2.21. The van der Waals surface area contributed by atoms with Crippen LogP contribution in [0.4, 0.5) is 0 Å². The summed E-state index contributed by atoms with van der Waals surface area (Å²) < 4.78 is 0. The Hall–Kier alpha value is -0.300. The van der Waals surface area contributed by atoms with Crippen molar-refractivity contribution in [2.24, 2.45) is 5.41 Å². The van der Waals surface area contributed by atoms with Crippen LogP contribution in [0, 0.1) is 5.41 Å². The first kappa shape index (κ1) is 7.80. The van der Waals surface area contributed by atoms with Crippen LogP contribution in [0.5, 0.6) is 0 Å². The van der Waals surface area contributed by atoms with Crippen molar-refractivity contribution in [1.82, 2.24) is 0 Å². The predicted molar refractivity (Wildman–Crippen MR) is 42.0 cm³/mol. The van der Waals surface area contributed by atoms with Gasteiger partial charge in [0, 0.05) is 11.0 Å². The topological polar surface area (TPSA) is 17.1 Å². The molecule has 0 radical (unpaired) electrons. The second kappa shape index (κ2) is 3.20. The van der Waals surface area contributed by atoms with Gasteiger partial charge in [-0.3, -0.25) is 0 Å². The molecule has 1 aliphatic rings. The second-order valence-corrected chi connectivity index (χ2v) is 3.15. The molecule has 1 rings (SSSR count). The quantitative estimate of drug-likeness (QED) is 0.577. The summed E-state index contributed by atoms with van der Waals surface area (Å²) in [4.78, 5) is 10.5. The minimum Gasteiger partial charge on any atom is -0.303 e. The Morgan fingerprint density at radius 2 is 2.20 bits per heavy atom. The number of rotatable bonds is 3. The predicted octanol–water partition coefficient (Wildman–Crippen LogP) is 2.50. The molecule has 1 aliphatic carbocycles. The Kier molecular flexibility index (Phi) is 2.50. The van der Waals surface area contributed by atoms with Gasteiger partial charge in [0.05, 0.1) is 0 Å². The zero-order valence-corrected chi connectivity index (χ0v) is 6.60. The maximum atomic E-state index is 10.5. The molecule has 0 aromatic heterocycles. The van der Waals surface area contributed by atoms with E-state index in [2.05, 4.69) is 0 Å². The Labute approximate surface area is 66.1 Å². The Bertz CT molecular complexity index is 147. The average Bonchev–Trinajstić information content (AvgIpc) is 1.87. The summed E-state index contributed by atoms with van der Waals surface area (Å²) in [6.07, 6.45) is 7.02. The molecule has 0 aliphatic heterocycles. The van der Waals surface area contributed by atoms with E-state index >= 15 is 0 Å². The van der Waals surface area contributed by atoms with Crippen molar-refractivity contribution in [3.8, 4) is 0 Å². The maximum Gasteiger partial charge on any atom is 0.126 e. The molecule has 2 heteroatoms. The van der Waals surface area contributed by atoms with Gasteiger partial charge in [-0.25, -0.2) is 0 Å². The van der Waals surface area contributed by atoms with Crippen molar-refractivity contribution in [3.63, 3.8) is 0 Å². The summed E-state index contributed by atoms with van der Waals surface area (Å²) in [5.41, 5.74) is 1.45. The van der Waals surface area contributed by atoms with Crippen molar-refractivity contribution < 1.29 is 4.79 Å². The van der Waals surface area contributed by atoms with Crippen LogP contribution in [0.2, 0.25) is 0 Å². The Morgan fingerprint density at radius 3 is 2.50 bits per heavy atom. The third-order valence-corrected chi connectivity index (χ3v) is 2.39. The van der Waals surface area contributed by atoms with Crippen LogP contribution >= 0.6 is 11.6 Å². The zero-order valence-electron chi connectivity index (χ0n) is 5.85. The monoisotopic (exact) mass is 158 g/mol. The molecule has 0 amide bonds. The highest BCUT2D eigenvalue weighted by molar-refractivity contribution is 6.25. The number of hydrogen-bond acceptors (Lipinski definition) is 1. The lowest BCUT2D eigenvalue weighted by Gasteiger charge is -2.35. The molecule has 0 spiro atoms. The molecule has 1 saturated carbocycles. The summed E-state index contributed by atoms with van der Waals surface area (Å²) in [5.74, 6) is 0. The molecule has 0 saturated heterocycles. The smallest absolute Gasteiger partial charge is 0.126 e. The molecule has 1 fully saturated rings. The molecule has 0 aromatic rings. The highest BCUT2D eigenvalue weighted by Gasteiger charge is 2.35. The first-order valence-electron chi connectivity index (χ1n) is 3.54. The normalized spacial score (nSPS) is 22.5. The molecule has 10 heavy (non-hydrogen) atoms. The molecule has 0 unspecified atom stereocenters. The van der Waals surface area contributed by atoms with E-state index < -0.39 is 0 Å². The van der Waals surface area contributed by atoms with Gasteiger partial charge >= 0.3 is 0 Å². The molecule has 0 bridgehead atoms. The standard InChI is InChI=1S/C8H11ClO/c9-6-2-5-8(7-10)3-1-4-8/h2,6-7H,1,3-5H2/b6-2+. The largest absolute Gasteiger partial charge is 0.303 e. The van der Waals surface area contributed by atoms with Gasteiger partial charge in [-0.2, -0.15) is 0 Å². The van der Waals surface area contributed by atoms with E-state index in [9.17, 15) is 4.79 Å². The summed E-state index contributed by atoms with van der Waals surface area (Å²) in [5, 5.41) is 0. The molecular formula is C8H11ClO. The van der Waals surface area contributed by atoms with E-state index in [0.717, 1.165) is 25.5 Å². The van der Waals surface area contributed by atoms with Gasteiger partial charge in [-0.15, -0.1) is 0 Å². The van der Waals surface area contributed by atoms with E-state index in [4.69, 9.17) is 11.6 Å². The van der Waals surface area contributed by atoms with Crippen molar-refractivity contribution in [2.45, 2.75) is 25.7 Å². The molecule has 0 aromatic carbocycles. The number of hydrogen-bond donors (Lipinski definition) is 0. The van der Waals surface area contributed by atoms with Crippen molar-refractivity contribution in [1.29, 1.82) is 0 Å². The van der Waals surface area contributed by atoms with Crippen LogP contribution < -0.4 is 0 Å². The van der Waals surface area contributed by atoms with Gasteiger partial charge in [0.15, 0.2) is 0 Å². The first-order valence-corrected chi connectivity index (χ1v) is 3.98. The molecule has 56 valence electrons. The van der Waals surface area contributed by atoms with Crippen molar-refractivity contribution in [3.05, 3.63) is 11.6 Å². The van der Waals surface area contributed by atoms with Gasteiger partial charge in [0.25, 0.3) is 0 Å². The van der Waals surface area contributed by atoms with Gasteiger partial charge in [0.1, 0.15) is 6.29 Å². The van der Waals surface area contributed by atoms with Crippen LogP contribution in [0.1, 0.15) is 25.7 Å².